The zero-order valence-electron chi connectivity index (χ0n) is 13.6. The number of hydrogen-bond acceptors (Lipinski definition) is 5. The van der Waals surface area contributed by atoms with Crippen LogP contribution in [0.25, 0.3) is 0 Å². The van der Waals surface area contributed by atoms with Gasteiger partial charge >= 0.3 is 5.97 Å². The standard InChI is InChI=1S/C17H15Cl2N3O4/c18-11-3-4-14(19)21-15(11)17(25)26-9-13(23)10-7-12(20-8-10)16(24)22-5-1-2-6-22/h3-4,7-8,20H,1-2,5-6,9H2. The van der Waals surface area contributed by atoms with Crippen molar-refractivity contribution in [1.29, 1.82) is 0 Å². The summed E-state index contributed by atoms with van der Waals surface area (Å²) in [7, 11) is 0. The number of ketones is 1. The number of Topliss-reactive ketones (excluding diaryl/α,β-unsaturated/α-hetero) is 1. The van der Waals surface area contributed by atoms with E-state index >= 15 is 0 Å². The average molecular weight is 396 g/mol. The van der Waals surface area contributed by atoms with Gasteiger partial charge in [0.2, 0.25) is 5.78 Å². The van der Waals surface area contributed by atoms with E-state index < -0.39 is 18.4 Å². The number of carbonyl (C=O) groups excluding carboxylic acids is 3. The molecule has 136 valence electrons. The lowest BCUT2D eigenvalue weighted by molar-refractivity contribution is 0.0469. The summed E-state index contributed by atoms with van der Waals surface area (Å²) in [5.74, 6) is -1.45. The topological polar surface area (TPSA) is 92.4 Å². The lowest BCUT2D eigenvalue weighted by Crippen LogP contribution is -2.27. The Morgan fingerprint density at radius 2 is 1.92 bits per heavy atom. The second kappa shape index (κ2) is 7.88. The molecule has 1 amide bonds. The van der Waals surface area contributed by atoms with Crippen LogP contribution in [0, 0.1) is 0 Å². The van der Waals surface area contributed by atoms with E-state index in [9.17, 15) is 14.4 Å². The van der Waals surface area contributed by atoms with E-state index in [4.69, 9.17) is 27.9 Å². The summed E-state index contributed by atoms with van der Waals surface area (Å²) in [4.78, 5) is 44.8. The summed E-state index contributed by atoms with van der Waals surface area (Å²) in [5, 5.41) is 0.162. The van der Waals surface area contributed by atoms with E-state index in [0.717, 1.165) is 12.8 Å². The summed E-state index contributed by atoms with van der Waals surface area (Å²) in [6.45, 7) is 0.927. The van der Waals surface area contributed by atoms with Gasteiger partial charge in [-0.25, -0.2) is 9.78 Å². The van der Waals surface area contributed by atoms with Gasteiger partial charge < -0.3 is 14.6 Å². The van der Waals surface area contributed by atoms with Crippen LogP contribution in [-0.4, -0.2) is 52.2 Å². The first-order chi connectivity index (χ1) is 12.5. The van der Waals surface area contributed by atoms with Crippen molar-refractivity contribution in [3.05, 3.63) is 51.5 Å². The molecular weight excluding hydrogens is 381 g/mol. The number of carbonyl (C=O) groups is 3. The SMILES string of the molecule is O=C(COC(=O)c1nc(Cl)ccc1Cl)c1c[nH]c(C(=O)N2CCCC2)c1. The number of esters is 1. The van der Waals surface area contributed by atoms with Gasteiger partial charge in [-0.2, -0.15) is 0 Å². The van der Waals surface area contributed by atoms with Crippen molar-refractivity contribution in [3.63, 3.8) is 0 Å². The Bertz CT molecular complexity index is 859. The maximum Gasteiger partial charge on any atom is 0.359 e. The number of rotatable bonds is 5. The second-order valence-corrected chi connectivity index (χ2v) is 6.56. The van der Waals surface area contributed by atoms with Crippen molar-refractivity contribution in [1.82, 2.24) is 14.9 Å². The number of nitrogens with zero attached hydrogens (tertiary/aromatic N) is 2. The van der Waals surface area contributed by atoms with Crippen molar-refractivity contribution in [2.24, 2.45) is 0 Å². The minimum Gasteiger partial charge on any atom is -0.453 e. The number of likely N-dealkylation sites (tertiary alicyclic amines) is 1. The molecule has 1 N–H and O–H groups in total. The number of amides is 1. The minimum absolute atomic E-state index is 0.0759. The Morgan fingerprint density at radius 3 is 2.65 bits per heavy atom. The molecule has 1 saturated heterocycles. The number of nitrogens with one attached hydrogen (secondary N) is 1. The molecule has 3 rings (SSSR count). The molecule has 1 fully saturated rings. The van der Waals surface area contributed by atoms with Crippen LogP contribution >= 0.6 is 23.2 Å². The molecule has 0 aliphatic carbocycles. The molecule has 0 atom stereocenters. The van der Waals surface area contributed by atoms with Gasteiger partial charge in [-0.05, 0) is 31.0 Å². The molecule has 26 heavy (non-hydrogen) atoms. The first-order valence-electron chi connectivity index (χ1n) is 7.96. The van der Waals surface area contributed by atoms with E-state index in [-0.39, 0.29) is 27.3 Å². The molecule has 3 heterocycles. The van der Waals surface area contributed by atoms with Gasteiger partial charge in [-0.3, -0.25) is 9.59 Å². The first-order valence-corrected chi connectivity index (χ1v) is 8.71. The number of H-pyrrole nitrogens is 1. The number of aromatic nitrogens is 2. The summed E-state index contributed by atoms with van der Waals surface area (Å²) in [5.41, 5.74) is 0.428. The molecule has 0 radical (unpaired) electrons. The Hall–Kier alpha value is -2.38. The maximum atomic E-state index is 12.3. The van der Waals surface area contributed by atoms with E-state index in [1.54, 1.807) is 4.90 Å². The van der Waals surface area contributed by atoms with E-state index in [2.05, 4.69) is 9.97 Å². The second-order valence-electron chi connectivity index (χ2n) is 5.77. The third-order valence-corrected chi connectivity index (χ3v) is 4.48. The largest absolute Gasteiger partial charge is 0.453 e. The molecule has 9 heteroatoms. The Balaban J connectivity index is 1.61. The molecule has 1 aliphatic rings. The predicted octanol–water partition coefficient (Wildman–Crippen LogP) is 2.99. The van der Waals surface area contributed by atoms with Crippen LogP contribution in [0.1, 0.15) is 44.2 Å². The van der Waals surface area contributed by atoms with Gasteiger partial charge in [-0.15, -0.1) is 0 Å². The van der Waals surface area contributed by atoms with Gasteiger partial charge in [0.15, 0.2) is 12.3 Å². The zero-order valence-corrected chi connectivity index (χ0v) is 15.1. The molecule has 7 nitrogen and oxygen atoms in total. The maximum absolute atomic E-state index is 12.3. The lowest BCUT2D eigenvalue weighted by Gasteiger charge is -2.13. The van der Waals surface area contributed by atoms with Crippen LogP contribution in [-0.2, 0) is 4.74 Å². The van der Waals surface area contributed by atoms with Crippen LogP contribution < -0.4 is 0 Å². The predicted molar refractivity (Wildman–Crippen MR) is 94.8 cm³/mol. The normalized spacial score (nSPS) is 13.7. The average Bonchev–Trinajstić information content (AvgIpc) is 3.32. The molecule has 0 bridgehead atoms. The van der Waals surface area contributed by atoms with Gasteiger partial charge in [0, 0.05) is 24.8 Å². The smallest absolute Gasteiger partial charge is 0.359 e. The number of ether oxygens (including phenoxy) is 1. The third-order valence-electron chi connectivity index (χ3n) is 3.97. The van der Waals surface area contributed by atoms with Crippen molar-refractivity contribution in [2.45, 2.75) is 12.8 Å². The lowest BCUT2D eigenvalue weighted by atomic mass is 10.2. The zero-order chi connectivity index (χ0) is 18.7. The van der Waals surface area contributed by atoms with Crippen LogP contribution in [0.2, 0.25) is 10.2 Å². The van der Waals surface area contributed by atoms with E-state index in [1.165, 1.54) is 24.4 Å². The fourth-order valence-corrected chi connectivity index (χ4v) is 2.94. The number of aromatic amines is 1. The molecule has 0 spiro atoms. The third kappa shape index (κ3) is 4.05. The van der Waals surface area contributed by atoms with Crippen molar-refractivity contribution < 1.29 is 19.1 Å². The van der Waals surface area contributed by atoms with Crippen LogP contribution in [0.15, 0.2) is 24.4 Å². The Morgan fingerprint density at radius 1 is 1.19 bits per heavy atom. The van der Waals surface area contributed by atoms with Gasteiger partial charge in [0.1, 0.15) is 10.8 Å². The highest BCUT2D eigenvalue weighted by Crippen LogP contribution is 2.18. The Kier molecular flexibility index (Phi) is 5.58. The summed E-state index contributed by atoms with van der Waals surface area (Å²) in [6, 6.07) is 4.31. The molecule has 0 aromatic carbocycles. The number of halogens is 2. The summed E-state index contributed by atoms with van der Waals surface area (Å²) in [6.07, 6.45) is 3.38. The molecule has 0 unspecified atom stereocenters. The molecule has 0 saturated carbocycles. The van der Waals surface area contributed by atoms with E-state index in [0.29, 0.717) is 18.8 Å². The van der Waals surface area contributed by atoms with E-state index in [1.807, 2.05) is 0 Å². The van der Waals surface area contributed by atoms with Crippen molar-refractivity contribution in [2.75, 3.05) is 19.7 Å². The fourth-order valence-electron chi connectivity index (χ4n) is 2.61. The van der Waals surface area contributed by atoms with Gasteiger partial charge in [0.05, 0.1) is 5.02 Å². The fraction of sp³-hybridized carbons (Fsp3) is 0.294. The molecule has 2 aromatic heterocycles. The van der Waals surface area contributed by atoms with Gasteiger partial charge in [0.25, 0.3) is 5.91 Å². The molecule has 2 aromatic rings. The van der Waals surface area contributed by atoms with Gasteiger partial charge in [-0.1, -0.05) is 23.2 Å². The highest BCUT2D eigenvalue weighted by atomic mass is 35.5. The number of hydrogen-bond donors (Lipinski definition) is 1. The summed E-state index contributed by atoms with van der Waals surface area (Å²) >= 11 is 11.6. The first kappa shape index (κ1) is 18.4. The highest BCUT2D eigenvalue weighted by Gasteiger charge is 2.22. The molecular formula is C17H15Cl2N3O4. The van der Waals surface area contributed by atoms with Crippen LogP contribution in [0.3, 0.4) is 0 Å². The van der Waals surface area contributed by atoms with Crippen molar-refractivity contribution in [3.8, 4) is 0 Å². The van der Waals surface area contributed by atoms with Crippen LogP contribution in [0.4, 0.5) is 0 Å². The monoisotopic (exact) mass is 395 g/mol. The summed E-state index contributed by atoms with van der Waals surface area (Å²) < 4.78 is 4.95. The minimum atomic E-state index is -0.852. The van der Waals surface area contributed by atoms with Crippen LogP contribution in [0.5, 0.6) is 0 Å². The number of pyridine rings is 1. The van der Waals surface area contributed by atoms with Crippen molar-refractivity contribution >= 4 is 40.9 Å². The molecule has 1 aliphatic heterocycles. The Labute approximate surface area is 159 Å². The quantitative estimate of drug-likeness (QED) is 0.477. The highest BCUT2D eigenvalue weighted by molar-refractivity contribution is 6.34.